The maximum atomic E-state index is 12.3. The molecule has 2 aromatic heterocycles. The van der Waals surface area contributed by atoms with Gasteiger partial charge in [0.05, 0.1) is 10.7 Å². The molecule has 0 amide bonds. The minimum atomic E-state index is -0.421. The van der Waals surface area contributed by atoms with Gasteiger partial charge < -0.3 is 14.5 Å². The van der Waals surface area contributed by atoms with Gasteiger partial charge in [0.15, 0.2) is 11.6 Å². The fraction of sp³-hybridized carbons (Fsp3) is 0.0667. The number of benzene rings is 1. The van der Waals surface area contributed by atoms with E-state index in [2.05, 4.69) is 25.9 Å². The Morgan fingerprint density at radius 1 is 1.29 bits per heavy atom. The maximum Gasteiger partial charge on any atom is 0.263 e. The number of furan rings is 1. The van der Waals surface area contributed by atoms with Gasteiger partial charge in [-0.15, -0.1) is 0 Å². The van der Waals surface area contributed by atoms with Crippen molar-refractivity contribution >= 4 is 15.9 Å². The Kier molecular flexibility index (Phi) is 3.39. The highest BCUT2D eigenvalue weighted by atomic mass is 79.9. The molecule has 0 bridgehead atoms. The fourth-order valence-corrected chi connectivity index (χ4v) is 2.52. The lowest BCUT2D eigenvalue weighted by Gasteiger charge is -2.07. The Balaban J connectivity index is 2.21. The van der Waals surface area contributed by atoms with E-state index in [1.54, 1.807) is 18.2 Å². The highest BCUT2D eigenvalue weighted by Crippen LogP contribution is 2.30. The Morgan fingerprint density at radius 3 is 2.67 bits per heavy atom. The van der Waals surface area contributed by atoms with E-state index in [1.807, 2.05) is 19.1 Å². The number of aromatic hydroxyl groups is 1. The number of aromatic amines is 1. The van der Waals surface area contributed by atoms with Crippen LogP contribution >= 0.6 is 15.9 Å². The van der Waals surface area contributed by atoms with Crippen molar-refractivity contribution < 1.29 is 9.52 Å². The molecule has 3 rings (SSSR count). The quantitative estimate of drug-likeness (QED) is 0.744. The van der Waals surface area contributed by atoms with Crippen molar-refractivity contribution in [2.45, 2.75) is 6.92 Å². The molecule has 0 saturated heterocycles. The molecule has 0 saturated carbocycles. The van der Waals surface area contributed by atoms with E-state index in [-0.39, 0.29) is 17.3 Å². The molecule has 1 aromatic carbocycles. The predicted molar refractivity (Wildman–Crippen MR) is 82.1 cm³/mol. The average Bonchev–Trinajstić information content (AvgIpc) is 2.86. The van der Waals surface area contributed by atoms with Crippen LogP contribution in [-0.2, 0) is 0 Å². The van der Waals surface area contributed by atoms with Crippen LogP contribution in [0.1, 0.15) is 5.56 Å². The normalized spacial score (nSPS) is 10.8. The molecule has 106 valence electrons. The number of hydrogen-bond donors (Lipinski definition) is 2. The highest BCUT2D eigenvalue weighted by molar-refractivity contribution is 9.10. The van der Waals surface area contributed by atoms with Crippen molar-refractivity contribution in [3.63, 3.8) is 0 Å². The van der Waals surface area contributed by atoms with Gasteiger partial charge in [0.1, 0.15) is 5.56 Å². The van der Waals surface area contributed by atoms with E-state index in [9.17, 15) is 9.90 Å². The first-order valence-corrected chi connectivity index (χ1v) is 7.00. The van der Waals surface area contributed by atoms with E-state index in [0.717, 1.165) is 5.56 Å². The number of nitrogens with one attached hydrogen (secondary N) is 1. The SMILES string of the molecule is Cc1ccccc1-c1c(O)nc(-c2occc2Br)[nH]c1=O. The van der Waals surface area contributed by atoms with Crippen molar-refractivity contribution in [1.82, 2.24) is 9.97 Å². The Morgan fingerprint density at radius 2 is 2.05 bits per heavy atom. The summed E-state index contributed by atoms with van der Waals surface area (Å²) >= 11 is 3.29. The first-order chi connectivity index (χ1) is 10.1. The zero-order chi connectivity index (χ0) is 15.0. The number of aromatic nitrogens is 2. The molecule has 5 nitrogen and oxygen atoms in total. The minimum Gasteiger partial charge on any atom is -0.493 e. The molecule has 2 heterocycles. The van der Waals surface area contributed by atoms with Crippen LogP contribution in [0.15, 0.2) is 50.3 Å². The first-order valence-electron chi connectivity index (χ1n) is 6.20. The van der Waals surface area contributed by atoms with E-state index in [4.69, 9.17) is 4.42 Å². The van der Waals surface area contributed by atoms with Crippen molar-refractivity contribution in [2.24, 2.45) is 0 Å². The number of H-pyrrole nitrogens is 1. The molecule has 0 aliphatic carbocycles. The summed E-state index contributed by atoms with van der Waals surface area (Å²) in [6.45, 7) is 1.87. The Bertz CT molecular complexity index is 867. The number of nitrogens with zero attached hydrogens (tertiary/aromatic N) is 1. The molecule has 3 aromatic rings. The first kappa shape index (κ1) is 13.6. The van der Waals surface area contributed by atoms with E-state index >= 15 is 0 Å². The molecule has 0 unspecified atom stereocenters. The fourth-order valence-electron chi connectivity index (χ4n) is 2.13. The number of aryl methyl sites for hydroxylation is 1. The molecule has 21 heavy (non-hydrogen) atoms. The van der Waals surface area contributed by atoms with E-state index < -0.39 is 5.56 Å². The van der Waals surface area contributed by atoms with E-state index in [0.29, 0.717) is 15.8 Å². The van der Waals surface area contributed by atoms with Gasteiger partial charge >= 0.3 is 0 Å². The zero-order valence-electron chi connectivity index (χ0n) is 11.1. The van der Waals surface area contributed by atoms with Gasteiger partial charge in [0, 0.05) is 0 Å². The summed E-state index contributed by atoms with van der Waals surface area (Å²) in [6.07, 6.45) is 1.46. The van der Waals surface area contributed by atoms with Gasteiger partial charge in [0.25, 0.3) is 5.56 Å². The molecular weight excluding hydrogens is 336 g/mol. The van der Waals surface area contributed by atoms with Crippen LogP contribution in [0.3, 0.4) is 0 Å². The standard InChI is InChI=1S/C15H11BrN2O3/c1-8-4-2-3-5-9(8)11-14(19)17-13(18-15(11)20)12-10(16)6-7-21-12/h2-7H,1H3,(H2,17,18,19,20). The maximum absolute atomic E-state index is 12.3. The second-order valence-corrected chi connectivity index (χ2v) is 5.38. The van der Waals surface area contributed by atoms with Gasteiger partial charge in [0.2, 0.25) is 5.88 Å². The van der Waals surface area contributed by atoms with Crippen molar-refractivity contribution in [3.8, 4) is 28.6 Å². The number of rotatable bonds is 2. The highest BCUT2D eigenvalue weighted by Gasteiger charge is 2.17. The minimum absolute atomic E-state index is 0.152. The van der Waals surface area contributed by atoms with Crippen molar-refractivity contribution in [3.05, 3.63) is 57.0 Å². The van der Waals surface area contributed by atoms with Gasteiger partial charge in [-0.25, -0.2) is 0 Å². The lowest BCUT2D eigenvalue weighted by molar-refractivity contribution is 0.452. The average molecular weight is 347 g/mol. The van der Waals surface area contributed by atoms with Crippen LogP contribution in [0.5, 0.6) is 5.88 Å². The molecule has 0 fully saturated rings. The van der Waals surface area contributed by atoms with E-state index in [1.165, 1.54) is 6.26 Å². The molecule has 0 aliphatic heterocycles. The topological polar surface area (TPSA) is 79.1 Å². The van der Waals surface area contributed by atoms with Crippen LogP contribution in [-0.4, -0.2) is 15.1 Å². The van der Waals surface area contributed by atoms with Crippen LogP contribution in [0.25, 0.3) is 22.7 Å². The van der Waals surface area contributed by atoms with Crippen LogP contribution in [0.4, 0.5) is 0 Å². The smallest absolute Gasteiger partial charge is 0.263 e. The largest absolute Gasteiger partial charge is 0.493 e. The molecule has 6 heteroatoms. The second-order valence-electron chi connectivity index (χ2n) is 4.53. The third-order valence-corrected chi connectivity index (χ3v) is 3.77. The summed E-state index contributed by atoms with van der Waals surface area (Å²) < 4.78 is 5.89. The summed E-state index contributed by atoms with van der Waals surface area (Å²) in [5.74, 6) is 0.205. The molecule has 0 atom stereocenters. The molecule has 0 radical (unpaired) electrons. The summed E-state index contributed by atoms with van der Waals surface area (Å²) in [7, 11) is 0. The number of halogens is 1. The van der Waals surface area contributed by atoms with Crippen LogP contribution in [0, 0.1) is 6.92 Å². The molecular formula is C15H11BrN2O3. The lowest BCUT2D eigenvalue weighted by Crippen LogP contribution is -2.12. The monoisotopic (exact) mass is 346 g/mol. The summed E-state index contributed by atoms with van der Waals surface area (Å²) in [6, 6.07) is 8.99. The zero-order valence-corrected chi connectivity index (χ0v) is 12.6. The summed E-state index contributed by atoms with van der Waals surface area (Å²) in [4.78, 5) is 19.0. The van der Waals surface area contributed by atoms with Gasteiger partial charge in [-0.05, 0) is 40.0 Å². The molecule has 0 aliphatic rings. The summed E-state index contributed by atoms with van der Waals surface area (Å²) in [5, 5.41) is 10.2. The van der Waals surface area contributed by atoms with Gasteiger partial charge in [-0.1, -0.05) is 24.3 Å². The van der Waals surface area contributed by atoms with Crippen molar-refractivity contribution in [1.29, 1.82) is 0 Å². The van der Waals surface area contributed by atoms with Gasteiger partial charge in [-0.2, -0.15) is 4.98 Å². The van der Waals surface area contributed by atoms with Crippen molar-refractivity contribution in [2.75, 3.05) is 0 Å². The third kappa shape index (κ3) is 2.38. The molecule has 0 spiro atoms. The molecule has 2 N–H and O–H groups in total. The lowest BCUT2D eigenvalue weighted by atomic mass is 10.0. The number of hydrogen-bond acceptors (Lipinski definition) is 4. The third-order valence-electron chi connectivity index (χ3n) is 3.15. The second kappa shape index (κ2) is 5.21. The summed E-state index contributed by atoms with van der Waals surface area (Å²) in [5.41, 5.74) is 1.26. The van der Waals surface area contributed by atoms with Gasteiger partial charge in [-0.3, -0.25) is 4.79 Å². The Hall–Kier alpha value is -2.34. The van der Waals surface area contributed by atoms with Crippen LogP contribution in [0.2, 0.25) is 0 Å². The Labute approximate surface area is 128 Å². The predicted octanol–water partition coefficient (Wildman–Crippen LogP) is 3.47. The van der Waals surface area contributed by atoms with Crippen LogP contribution < -0.4 is 5.56 Å².